The van der Waals surface area contributed by atoms with Gasteiger partial charge in [-0.3, -0.25) is 4.98 Å². The van der Waals surface area contributed by atoms with Crippen LogP contribution in [0.2, 0.25) is 0 Å². The first kappa shape index (κ1) is 8.88. The van der Waals surface area contributed by atoms with E-state index in [9.17, 15) is 0 Å². The highest BCUT2D eigenvalue weighted by molar-refractivity contribution is 7.99. The Hall–Kier alpha value is -0.210. The third kappa shape index (κ3) is 3.12. The molecule has 0 saturated heterocycles. The lowest BCUT2D eigenvalue weighted by Gasteiger charge is -1.98. The molecule has 0 aliphatic carbocycles. The van der Waals surface area contributed by atoms with Gasteiger partial charge in [0.15, 0.2) is 0 Å². The Morgan fingerprint density at radius 2 is 2.45 bits per heavy atom. The minimum absolute atomic E-state index is 0.700. The van der Waals surface area contributed by atoms with Gasteiger partial charge in [-0.1, -0.05) is 0 Å². The summed E-state index contributed by atoms with van der Waals surface area (Å²) >= 11 is 7.32. The molecule has 1 aromatic heterocycles. The Kier molecular flexibility index (Phi) is 3.73. The van der Waals surface area contributed by atoms with E-state index in [0.717, 1.165) is 11.4 Å². The van der Waals surface area contributed by atoms with E-state index in [-0.39, 0.29) is 0 Å². The van der Waals surface area contributed by atoms with E-state index in [1.165, 1.54) is 4.90 Å². The fourth-order valence-corrected chi connectivity index (χ4v) is 1.72. The monoisotopic (exact) mass is 187 g/mol. The minimum atomic E-state index is 0.700. The highest BCUT2D eigenvalue weighted by Crippen LogP contribution is 2.17. The van der Waals surface area contributed by atoms with Crippen LogP contribution < -0.4 is 0 Å². The molecule has 1 rings (SSSR count). The number of thioether (sulfide) groups is 1. The highest BCUT2D eigenvalue weighted by atomic mass is 35.5. The quantitative estimate of drug-likeness (QED) is 0.533. The Morgan fingerprint density at radius 1 is 1.64 bits per heavy atom. The molecule has 0 aromatic carbocycles. The Morgan fingerprint density at radius 3 is 3.09 bits per heavy atom. The average molecular weight is 188 g/mol. The molecule has 1 heterocycles. The maximum Gasteiger partial charge on any atom is 0.0383 e. The maximum atomic E-state index is 5.55. The van der Waals surface area contributed by atoms with E-state index in [1.807, 2.05) is 19.2 Å². The van der Waals surface area contributed by atoms with Crippen molar-refractivity contribution in [1.29, 1.82) is 0 Å². The number of aromatic nitrogens is 1. The molecule has 0 aliphatic heterocycles. The lowest BCUT2D eigenvalue weighted by Crippen LogP contribution is -1.82. The first-order chi connectivity index (χ1) is 5.33. The van der Waals surface area contributed by atoms with Gasteiger partial charge in [0.2, 0.25) is 0 Å². The second-order valence-corrected chi connectivity index (χ2v) is 3.72. The van der Waals surface area contributed by atoms with Crippen molar-refractivity contribution in [1.82, 2.24) is 4.98 Å². The molecule has 11 heavy (non-hydrogen) atoms. The summed E-state index contributed by atoms with van der Waals surface area (Å²) in [5.74, 6) is 1.66. The summed E-state index contributed by atoms with van der Waals surface area (Å²) in [7, 11) is 0. The molecule has 0 amide bonds. The first-order valence-electron chi connectivity index (χ1n) is 3.44. The van der Waals surface area contributed by atoms with Gasteiger partial charge in [-0.2, -0.15) is 0 Å². The zero-order valence-corrected chi connectivity index (χ0v) is 7.95. The lowest BCUT2D eigenvalue weighted by molar-refractivity contribution is 1.16. The van der Waals surface area contributed by atoms with E-state index < -0.39 is 0 Å². The molecule has 0 fully saturated rings. The SMILES string of the molecule is Cc1cc(SCCCl)ccn1. The first-order valence-corrected chi connectivity index (χ1v) is 4.96. The average Bonchev–Trinajstić information content (AvgIpc) is 2.01. The highest BCUT2D eigenvalue weighted by Gasteiger charge is 1.92. The van der Waals surface area contributed by atoms with E-state index in [1.54, 1.807) is 11.8 Å². The topological polar surface area (TPSA) is 12.9 Å². The van der Waals surface area contributed by atoms with Gasteiger partial charge in [0.1, 0.15) is 0 Å². The van der Waals surface area contributed by atoms with Crippen molar-refractivity contribution in [3.63, 3.8) is 0 Å². The van der Waals surface area contributed by atoms with Crippen molar-refractivity contribution < 1.29 is 0 Å². The molecule has 3 heteroatoms. The number of hydrogen-bond acceptors (Lipinski definition) is 2. The molecule has 60 valence electrons. The number of rotatable bonds is 3. The second kappa shape index (κ2) is 4.62. The van der Waals surface area contributed by atoms with Crippen molar-refractivity contribution in [3.05, 3.63) is 24.0 Å². The van der Waals surface area contributed by atoms with E-state index in [2.05, 4.69) is 11.1 Å². The van der Waals surface area contributed by atoms with Gasteiger partial charge in [0.05, 0.1) is 0 Å². The molecule has 0 spiro atoms. The van der Waals surface area contributed by atoms with Crippen LogP contribution in [0.25, 0.3) is 0 Å². The second-order valence-electron chi connectivity index (χ2n) is 2.17. The van der Waals surface area contributed by atoms with Crippen molar-refractivity contribution in [2.45, 2.75) is 11.8 Å². The fourth-order valence-electron chi connectivity index (χ4n) is 0.766. The summed E-state index contributed by atoms with van der Waals surface area (Å²) in [6.45, 7) is 1.99. The predicted molar refractivity (Wildman–Crippen MR) is 50.4 cm³/mol. The van der Waals surface area contributed by atoms with Crippen LogP contribution in [0.3, 0.4) is 0 Å². The molecule has 0 saturated carbocycles. The largest absolute Gasteiger partial charge is 0.262 e. The van der Waals surface area contributed by atoms with Crippen LogP contribution in [0.15, 0.2) is 23.2 Å². The molecule has 1 aromatic rings. The maximum absolute atomic E-state index is 5.55. The summed E-state index contributed by atoms with van der Waals surface area (Å²) in [5.41, 5.74) is 1.06. The Balaban J connectivity index is 2.56. The van der Waals surface area contributed by atoms with Crippen LogP contribution in [0.1, 0.15) is 5.69 Å². The van der Waals surface area contributed by atoms with Crippen LogP contribution in [-0.2, 0) is 0 Å². The van der Waals surface area contributed by atoms with Gasteiger partial charge in [-0.25, -0.2) is 0 Å². The van der Waals surface area contributed by atoms with Crippen LogP contribution in [0, 0.1) is 6.92 Å². The predicted octanol–water partition coefficient (Wildman–Crippen LogP) is 2.72. The fraction of sp³-hybridized carbons (Fsp3) is 0.375. The van der Waals surface area contributed by atoms with E-state index >= 15 is 0 Å². The molecule has 0 N–H and O–H groups in total. The number of aryl methyl sites for hydroxylation is 1. The summed E-state index contributed by atoms with van der Waals surface area (Å²) in [4.78, 5) is 5.35. The van der Waals surface area contributed by atoms with Crippen molar-refractivity contribution >= 4 is 23.4 Å². The smallest absolute Gasteiger partial charge is 0.0383 e. The normalized spacial score (nSPS) is 10.0. The van der Waals surface area contributed by atoms with Gasteiger partial charge >= 0.3 is 0 Å². The third-order valence-corrected chi connectivity index (χ3v) is 2.62. The van der Waals surface area contributed by atoms with Gasteiger partial charge in [0.25, 0.3) is 0 Å². The van der Waals surface area contributed by atoms with E-state index in [0.29, 0.717) is 5.88 Å². The lowest BCUT2D eigenvalue weighted by atomic mass is 10.4. The van der Waals surface area contributed by atoms with Crippen LogP contribution in [0.4, 0.5) is 0 Å². The zero-order chi connectivity index (χ0) is 8.10. The molecular formula is C8H10ClNS. The van der Waals surface area contributed by atoms with Crippen molar-refractivity contribution in [3.8, 4) is 0 Å². The molecule has 0 radical (unpaired) electrons. The van der Waals surface area contributed by atoms with Crippen molar-refractivity contribution in [2.75, 3.05) is 11.6 Å². The minimum Gasteiger partial charge on any atom is -0.262 e. The molecule has 0 aliphatic rings. The number of pyridine rings is 1. The molecule has 0 atom stereocenters. The van der Waals surface area contributed by atoms with E-state index in [4.69, 9.17) is 11.6 Å². The Bertz CT molecular complexity index is 227. The third-order valence-electron chi connectivity index (χ3n) is 1.21. The summed E-state index contributed by atoms with van der Waals surface area (Å²) in [6.07, 6.45) is 1.83. The number of alkyl halides is 1. The summed E-state index contributed by atoms with van der Waals surface area (Å²) < 4.78 is 0. The van der Waals surface area contributed by atoms with Gasteiger partial charge in [-0.05, 0) is 19.1 Å². The van der Waals surface area contributed by atoms with Crippen LogP contribution in [-0.4, -0.2) is 16.6 Å². The van der Waals surface area contributed by atoms with Crippen LogP contribution in [0.5, 0.6) is 0 Å². The van der Waals surface area contributed by atoms with Gasteiger partial charge in [0, 0.05) is 28.4 Å². The standard InChI is InChI=1S/C8H10ClNS/c1-7-6-8(2-4-10-7)11-5-3-9/h2,4,6H,3,5H2,1H3. The number of nitrogens with zero attached hydrogens (tertiary/aromatic N) is 1. The number of hydrogen-bond donors (Lipinski definition) is 0. The summed E-state index contributed by atoms with van der Waals surface area (Å²) in [6, 6.07) is 4.07. The molecule has 0 bridgehead atoms. The summed E-state index contributed by atoms with van der Waals surface area (Å²) in [5, 5.41) is 0. The Labute approximate surface area is 76.2 Å². The van der Waals surface area contributed by atoms with Crippen molar-refractivity contribution in [2.24, 2.45) is 0 Å². The molecule has 1 nitrogen and oxygen atoms in total. The zero-order valence-electron chi connectivity index (χ0n) is 6.38. The molecular weight excluding hydrogens is 178 g/mol. The van der Waals surface area contributed by atoms with Gasteiger partial charge in [-0.15, -0.1) is 23.4 Å². The van der Waals surface area contributed by atoms with Gasteiger partial charge < -0.3 is 0 Å². The van der Waals surface area contributed by atoms with Crippen LogP contribution >= 0.6 is 23.4 Å². The molecule has 0 unspecified atom stereocenters. The number of halogens is 1.